The monoisotopic (exact) mass is 285 g/mol. The minimum absolute atomic E-state index is 0.542. The van der Waals surface area contributed by atoms with Crippen LogP contribution in [0.15, 0.2) is 67.3 Å². The van der Waals surface area contributed by atoms with Crippen molar-refractivity contribution in [2.75, 3.05) is 0 Å². The highest BCUT2D eigenvalue weighted by atomic mass is 15.3. The van der Waals surface area contributed by atoms with Crippen LogP contribution in [-0.2, 0) is 0 Å². The Bertz CT molecular complexity index is 989. The van der Waals surface area contributed by atoms with Crippen molar-refractivity contribution in [3.8, 4) is 23.0 Å². The smallest absolute Gasteiger partial charge is 0.165 e. The van der Waals surface area contributed by atoms with Crippen LogP contribution in [0.3, 0.4) is 0 Å². The standard InChI is InChI=1S/C17H11N5/c18-10-15-9-14(13-5-2-1-3-6-13)11-21(15)17-16-7-4-8-22(16)20-12-19-17/h1-9,11-12H. The summed E-state index contributed by atoms with van der Waals surface area (Å²) in [4.78, 5) is 4.34. The van der Waals surface area contributed by atoms with Crippen molar-refractivity contribution in [2.24, 2.45) is 0 Å². The first kappa shape index (κ1) is 12.4. The normalized spacial score (nSPS) is 10.7. The average Bonchev–Trinajstić information content (AvgIpc) is 3.22. The van der Waals surface area contributed by atoms with E-state index in [-0.39, 0.29) is 0 Å². The third-order valence-corrected chi connectivity index (χ3v) is 3.58. The topological polar surface area (TPSA) is 58.9 Å². The molecule has 3 heterocycles. The lowest BCUT2D eigenvalue weighted by Crippen LogP contribution is -2.03. The van der Waals surface area contributed by atoms with Gasteiger partial charge in [0.15, 0.2) is 5.82 Å². The van der Waals surface area contributed by atoms with E-state index >= 15 is 0 Å². The van der Waals surface area contributed by atoms with Gasteiger partial charge in [0, 0.05) is 18.0 Å². The number of nitrogens with zero attached hydrogens (tertiary/aromatic N) is 5. The van der Waals surface area contributed by atoms with Crippen molar-refractivity contribution in [2.45, 2.75) is 0 Å². The predicted molar refractivity (Wildman–Crippen MR) is 82.5 cm³/mol. The van der Waals surface area contributed by atoms with Crippen molar-refractivity contribution >= 4 is 5.52 Å². The number of benzene rings is 1. The van der Waals surface area contributed by atoms with Crippen molar-refractivity contribution < 1.29 is 0 Å². The van der Waals surface area contributed by atoms with Crippen LogP contribution in [0, 0.1) is 11.3 Å². The van der Waals surface area contributed by atoms with Crippen molar-refractivity contribution in [3.05, 3.63) is 72.9 Å². The van der Waals surface area contributed by atoms with Gasteiger partial charge in [-0.15, -0.1) is 0 Å². The molecule has 0 radical (unpaired) electrons. The number of aromatic nitrogens is 4. The molecular weight excluding hydrogens is 274 g/mol. The van der Waals surface area contributed by atoms with E-state index in [1.165, 1.54) is 6.33 Å². The molecule has 0 aliphatic carbocycles. The van der Waals surface area contributed by atoms with Crippen LogP contribution in [0.1, 0.15) is 5.69 Å². The largest absolute Gasteiger partial charge is 0.290 e. The molecule has 0 aliphatic heterocycles. The van der Waals surface area contributed by atoms with Crippen LogP contribution in [0.5, 0.6) is 0 Å². The zero-order valence-corrected chi connectivity index (χ0v) is 11.6. The SMILES string of the molecule is N#Cc1cc(-c2ccccc2)cn1-c1ncnn2cccc12. The molecule has 0 fully saturated rings. The number of rotatable bonds is 2. The van der Waals surface area contributed by atoms with Gasteiger partial charge >= 0.3 is 0 Å². The third-order valence-electron chi connectivity index (χ3n) is 3.58. The summed E-state index contributed by atoms with van der Waals surface area (Å²) in [6.07, 6.45) is 5.28. The van der Waals surface area contributed by atoms with E-state index in [0.29, 0.717) is 11.5 Å². The zero-order chi connectivity index (χ0) is 14.9. The summed E-state index contributed by atoms with van der Waals surface area (Å²) >= 11 is 0. The van der Waals surface area contributed by atoms with E-state index in [4.69, 9.17) is 0 Å². The molecule has 0 saturated carbocycles. The molecule has 4 rings (SSSR count). The second-order valence-corrected chi connectivity index (χ2v) is 4.88. The molecular formula is C17H11N5. The van der Waals surface area contributed by atoms with E-state index in [0.717, 1.165) is 16.6 Å². The lowest BCUT2D eigenvalue weighted by atomic mass is 10.1. The minimum Gasteiger partial charge on any atom is -0.290 e. The Kier molecular flexibility index (Phi) is 2.73. The highest BCUT2D eigenvalue weighted by Gasteiger charge is 2.12. The molecule has 4 aromatic rings. The zero-order valence-electron chi connectivity index (χ0n) is 11.6. The van der Waals surface area contributed by atoms with Gasteiger partial charge in [-0.3, -0.25) is 4.57 Å². The van der Waals surface area contributed by atoms with Gasteiger partial charge in [0.1, 0.15) is 23.6 Å². The molecule has 0 unspecified atom stereocenters. The molecule has 0 bridgehead atoms. The summed E-state index contributed by atoms with van der Waals surface area (Å²) < 4.78 is 3.55. The van der Waals surface area contributed by atoms with Gasteiger partial charge in [-0.25, -0.2) is 9.50 Å². The Balaban J connectivity index is 1.94. The summed E-state index contributed by atoms with van der Waals surface area (Å²) in [6.45, 7) is 0. The Labute approximate surface area is 126 Å². The van der Waals surface area contributed by atoms with Crippen molar-refractivity contribution in [1.29, 1.82) is 5.26 Å². The number of hydrogen-bond acceptors (Lipinski definition) is 3. The first-order valence-electron chi connectivity index (χ1n) is 6.83. The summed E-state index contributed by atoms with van der Waals surface area (Å²) in [5, 5.41) is 13.6. The fourth-order valence-corrected chi connectivity index (χ4v) is 2.55. The van der Waals surface area contributed by atoms with Gasteiger partial charge in [-0.1, -0.05) is 30.3 Å². The average molecular weight is 285 g/mol. The van der Waals surface area contributed by atoms with Crippen LogP contribution < -0.4 is 0 Å². The maximum atomic E-state index is 9.44. The lowest BCUT2D eigenvalue weighted by molar-refractivity contribution is 0.866. The first-order chi connectivity index (χ1) is 10.9. The summed E-state index contributed by atoms with van der Waals surface area (Å²) in [5.41, 5.74) is 3.45. The maximum Gasteiger partial charge on any atom is 0.165 e. The first-order valence-corrected chi connectivity index (χ1v) is 6.83. The highest BCUT2D eigenvalue weighted by Crippen LogP contribution is 2.25. The molecule has 0 spiro atoms. The molecule has 0 N–H and O–H groups in total. The van der Waals surface area contributed by atoms with Crippen LogP contribution in [0.25, 0.3) is 22.5 Å². The van der Waals surface area contributed by atoms with Gasteiger partial charge in [-0.05, 0) is 23.8 Å². The fourth-order valence-electron chi connectivity index (χ4n) is 2.55. The number of nitriles is 1. The van der Waals surface area contributed by atoms with E-state index in [2.05, 4.69) is 16.2 Å². The molecule has 1 aromatic carbocycles. The summed E-state index contributed by atoms with van der Waals surface area (Å²) in [5.74, 6) is 0.693. The van der Waals surface area contributed by atoms with E-state index in [9.17, 15) is 5.26 Å². The summed E-state index contributed by atoms with van der Waals surface area (Å²) in [6, 6.07) is 17.9. The lowest BCUT2D eigenvalue weighted by Gasteiger charge is -2.05. The number of fused-ring (bicyclic) bond motifs is 1. The van der Waals surface area contributed by atoms with E-state index in [1.54, 1.807) is 9.08 Å². The Hall–Kier alpha value is -3.39. The number of hydrogen-bond donors (Lipinski definition) is 0. The van der Waals surface area contributed by atoms with E-state index in [1.807, 2.05) is 60.9 Å². The minimum atomic E-state index is 0.542. The molecule has 0 atom stereocenters. The molecule has 0 aliphatic rings. The van der Waals surface area contributed by atoms with Crippen molar-refractivity contribution in [3.63, 3.8) is 0 Å². The second kappa shape index (κ2) is 4.86. The van der Waals surface area contributed by atoms with Crippen LogP contribution >= 0.6 is 0 Å². The second-order valence-electron chi connectivity index (χ2n) is 4.88. The molecule has 0 saturated heterocycles. The Morgan fingerprint density at radius 3 is 2.68 bits per heavy atom. The molecule has 5 heteroatoms. The predicted octanol–water partition coefficient (Wildman–Crippen LogP) is 3.06. The van der Waals surface area contributed by atoms with E-state index < -0.39 is 0 Å². The Morgan fingerprint density at radius 2 is 1.86 bits per heavy atom. The summed E-state index contributed by atoms with van der Waals surface area (Å²) in [7, 11) is 0. The van der Waals surface area contributed by atoms with Gasteiger partial charge in [-0.2, -0.15) is 10.4 Å². The van der Waals surface area contributed by atoms with Crippen molar-refractivity contribution in [1.82, 2.24) is 19.2 Å². The van der Waals surface area contributed by atoms with Gasteiger partial charge in [0.25, 0.3) is 0 Å². The Morgan fingerprint density at radius 1 is 1.00 bits per heavy atom. The molecule has 22 heavy (non-hydrogen) atoms. The van der Waals surface area contributed by atoms with Gasteiger partial charge < -0.3 is 0 Å². The van der Waals surface area contributed by atoms with Crippen LogP contribution in [0.4, 0.5) is 0 Å². The van der Waals surface area contributed by atoms with Gasteiger partial charge in [0.2, 0.25) is 0 Å². The quantitative estimate of drug-likeness (QED) is 0.568. The molecule has 5 nitrogen and oxygen atoms in total. The third kappa shape index (κ3) is 1.86. The maximum absolute atomic E-state index is 9.44. The highest BCUT2D eigenvalue weighted by molar-refractivity contribution is 5.68. The van der Waals surface area contributed by atoms with Gasteiger partial charge in [0.05, 0.1) is 0 Å². The van der Waals surface area contributed by atoms with Crippen LogP contribution in [-0.4, -0.2) is 19.2 Å². The fraction of sp³-hybridized carbons (Fsp3) is 0. The molecule has 3 aromatic heterocycles. The molecule has 0 amide bonds. The molecule has 104 valence electrons. The van der Waals surface area contributed by atoms with Crippen LogP contribution in [0.2, 0.25) is 0 Å².